The van der Waals surface area contributed by atoms with E-state index in [4.69, 9.17) is 21.1 Å². The number of rotatable bonds is 3. The molecule has 2 aromatic rings. The molecule has 0 unspecified atom stereocenters. The number of ether oxygens (including phenoxy) is 2. The van der Waals surface area contributed by atoms with Gasteiger partial charge in [-0.3, -0.25) is 4.79 Å². The summed E-state index contributed by atoms with van der Waals surface area (Å²) in [5.41, 5.74) is -0.921. The minimum atomic E-state index is -1.10. The second kappa shape index (κ2) is 8.88. The first kappa shape index (κ1) is 25.3. The van der Waals surface area contributed by atoms with Crippen molar-refractivity contribution >= 4 is 61.8 Å². The lowest BCUT2D eigenvalue weighted by Crippen LogP contribution is -2.73. The molecule has 5 rings (SSSR count). The Kier molecular flexibility index (Phi) is 6.24. The molecule has 36 heavy (non-hydrogen) atoms. The summed E-state index contributed by atoms with van der Waals surface area (Å²) in [5.74, 6) is -0.827. The zero-order chi connectivity index (χ0) is 26.0. The number of hydrogen-bond acceptors (Lipinski definition) is 7. The molecule has 1 aromatic carbocycles. The molecule has 0 bridgehead atoms. The molecule has 1 aromatic heterocycles. The third kappa shape index (κ3) is 4.35. The van der Waals surface area contributed by atoms with Crippen molar-refractivity contribution in [2.75, 3.05) is 43.9 Å². The van der Waals surface area contributed by atoms with Crippen LogP contribution in [0.4, 0.5) is 20.6 Å². The molecule has 4 heterocycles. The smallest absolute Gasteiger partial charge is 0.410 e. The van der Waals surface area contributed by atoms with Crippen LogP contribution >= 0.6 is 27.5 Å². The van der Waals surface area contributed by atoms with Gasteiger partial charge >= 0.3 is 6.09 Å². The predicted octanol–water partition coefficient (Wildman–Crippen LogP) is 4.62. The van der Waals surface area contributed by atoms with Gasteiger partial charge in [-0.2, -0.15) is 0 Å². The molecular formula is C24H28BrClFN5O4. The first-order valence-corrected chi connectivity index (χ1v) is 13.0. The highest BCUT2D eigenvalue weighted by molar-refractivity contribution is 9.10. The van der Waals surface area contributed by atoms with E-state index >= 15 is 4.39 Å². The highest BCUT2D eigenvalue weighted by Crippen LogP contribution is 2.47. The van der Waals surface area contributed by atoms with Crippen molar-refractivity contribution in [3.63, 3.8) is 0 Å². The van der Waals surface area contributed by atoms with Gasteiger partial charge in [-0.15, -0.1) is 0 Å². The summed E-state index contributed by atoms with van der Waals surface area (Å²) in [6.07, 6.45) is 1.55. The quantitative estimate of drug-likeness (QED) is 0.509. The molecule has 3 aliphatic heterocycles. The Morgan fingerprint density at radius 3 is 2.72 bits per heavy atom. The van der Waals surface area contributed by atoms with Gasteiger partial charge in [-0.25, -0.2) is 14.2 Å². The standard InChI is InChI=1S/C24H28BrClFN5O4/c1-23(2,3)36-22(34)32-10-24(11-32)21(33)29-19-18(30-24)13-8-14(26)15(25)16(27)17(13)28-20(19)35-9-12-6-5-7-31(12)4/h8,12,30H,5-7,9-11H2,1-4H3,(H,29,33)/t12-/m0/s1. The second-order valence-electron chi connectivity index (χ2n) is 10.6. The number of pyridine rings is 1. The number of benzene rings is 1. The van der Waals surface area contributed by atoms with Crippen LogP contribution in [0, 0.1) is 5.82 Å². The Hall–Kier alpha value is -2.37. The number of halogens is 3. The van der Waals surface area contributed by atoms with Crippen molar-refractivity contribution in [2.24, 2.45) is 0 Å². The molecule has 9 nitrogen and oxygen atoms in total. The van der Waals surface area contributed by atoms with Crippen LogP contribution in [-0.4, -0.2) is 77.3 Å². The summed E-state index contributed by atoms with van der Waals surface area (Å²) in [4.78, 5) is 33.8. The number of amides is 2. The monoisotopic (exact) mass is 583 g/mol. The summed E-state index contributed by atoms with van der Waals surface area (Å²) >= 11 is 9.46. The number of aromatic nitrogens is 1. The van der Waals surface area contributed by atoms with Crippen molar-refractivity contribution in [3.05, 3.63) is 21.4 Å². The lowest BCUT2D eigenvalue weighted by molar-refractivity contribution is -0.125. The van der Waals surface area contributed by atoms with Crippen molar-refractivity contribution in [3.8, 4) is 5.88 Å². The first-order chi connectivity index (χ1) is 16.9. The molecule has 2 N–H and O–H groups in total. The molecule has 1 spiro atoms. The number of nitrogens with one attached hydrogen (secondary N) is 2. The van der Waals surface area contributed by atoms with Gasteiger partial charge in [0.2, 0.25) is 5.88 Å². The van der Waals surface area contributed by atoms with Crippen molar-refractivity contribution in [1.82, 2.24) is 14.8 Å². The fourth-order valence-corrected chi connectivity index (χ4v) is 5.31. The van der Waals surface area contributed by atoms with Crippen LogP contribution in [0.2, 0.25) is 5.02 Å². The van der Waals surface area contributed by atoms with E-state index in [1.165, 1.54) is 4.90 Å². The summed E-state index contributed by atoms with van der Waals surface area (Å²) in [5, 5.41) is 6.74. The molecule has 2 fully saturated rings. The number of likely N-dealkylation sites (N-methyl/N-ethyl adjacent to an activating group) is 1. The zero-order valence-electron chi connectivity index (χ0n) is 20.5. The van der Waals surface area contributed by atoms with E-state index in [-0.39, 0.29) is 45.9 Å². The van der Waals surface area contributed by atoms with Crippen LogP contribution in [-0.2, 0) is 9.53 Å². The minimum Gasteiger partial charge on any atom is -0.474 e. The van der Waals surface area contributed by atoms with Gasteiger partial charge in [0.15, 0.2) is 11.4 Å². The third-order valence-corrected chi connectivity index (χ3v) is 8.08. The molecule has 0 aliphatic carbocycles. The van der Waals surface area contributed by atoms with Gasteiger partial charge in [-0.05, 0) is 69.2 Å². The Morgan fingerprint density at radius 1 is 1.36 bits per heavy atom. The van der Waals surface area contributed by atoms with E-state index in [9.17, 15) is 9.59 Å². The molecule has 2 amide bonds. The predicted molar refractivity (Wildman–Crippen MR) is 138 cm³/mol. The van der Waals surface area contributed by atoms with Crippen LogP contribution in [0.5, 0.6) is 5.88 Å². The maximum atomic E-state index is 15.3. The number of fused-ring (bicyclic) bond motifs is 3. The largest absolute Gasteiger partial charge is 0.474 e. The van der Waals surface area contributed by atoms with Gasteiger partial charge < -0.3 is 29.9 Å². The van der Waals surface area contributed by atoms with Crippen molar-refractivity contribution in [1.29, 1.82) is 0 Å². The molecular weight excluding hydrogens is 557 g/mol. The molecule has 194 valence electrons. The number of nitrogens with zero attached hydrogens (tertiary/aromatic N) is 3. The Bertz CT molecular complexity index is 1260. The SMILES string of the molecule is CN1CCC[C@H]1COc1nc2c(F)c(Br)c(Cl)cc2c2c1NC(=O)C1(CN(C(=O)OC(C)(C)C)C1)N2. The first-order valence-electron chi connectivity index (χ1n) is 11.8. The average molecular weight is 585 g/mol. The fourth-order valence-electron chi connectivity index (χ4n) is 4.81. The average Bonchev–Trinajstić information content (AvgIpc) is 3.18. The lowest BCUT2D eigenvalue weighted by atomic mass is 9.86. The molecule has 1 atom stereocenters. The summed E-state index contributed by atoms with van der Waals surface area (Å²) < 4.78 is 26.9. The fraction of sp³-hybridized carbons (Fsp3) is 0.542. The highest BCUT2D eigenvalue weighted by atomic mass is 79.9. The molecule has 2 saturated heterocycles. The van der Waals surface area contributed by atoms with E-state index in [0.29, 0.717) is 23.4 Å². The van der Waals surface area contributed by atoms with Gasteiger partial charge in [0, 0.05) is 11.4 Å². The van der Waals surface area contributed by atoms with Crippen LogP contribution in [0.3, 0.4) is 0 Å². The molecule has 0 saturated carbocycles. The van der Waals surface area contributed by atoms with E-state index in [1.54, 1.807) is 26.8 Å². The third-order valence-electron chi connectivity index (χ3n) is 6.78. The van der Waals surface area contributed by atoms with Gasteiger partial charge in [-0.1, -0.05) is 11.6 Å². The molecule has 12 heteroatoms. The maximum Gasteiger partial charge on any atom is 0.410 e. The van der Waals surface area contributed by atoms with E-state index in [1.807, 2.05) is 7.05 Å². The summed E-state index contributed by atoms with van der Waals surface area (Å²) in [7, 11) is 2.03. The van der Waals surface area contributed by atoms with Gasteiger partial charge in [0.25, 0.3) is 5.91 Å². The van der Waals surface area contributed by atoms with Crippen LogP contribution in [0.25, 0.3) is 10.9 Å². The van der Waals surface area contributed by atoms with Crippen LogP contribution in [0.1, 0.15) is 33.6 Å². The van der Waals surface area contributed by atoms with Crippen LogP contribution in [0.15, 0.2) is 10.5 Å². The number of carbonyl (C=O) groups is 2. The Balaban J connectivity index is 1.50. The number of carbonyl (C=O) groups excluding carboxylic acids is 2. The Morgan fingerprint density at radius 2 is 2.08 bits per heavy atom. The number of likely N-dealkylation sites (tertiary alicyclic amines) is 2. The van der Waals surface area contributed by atoms with Crippen LogP contribution < -0.4 is 15.4 Å². The van der Waals surface area contributed by atoms with Gasteiger partial charge in [0.1, 0.15) is 23.4 Å². The summed E-state index contributed by atoms with van der Waals surface area (Å²) in [6.45, 7) is 6.85. The van der Waals surface area contributed by atoms with E-state index < -0.39 is 23.1 Å². The molecule has 3 aliphatic rings. The zero-order valence-corrected chi connectivity index (χ0v) is 22.8. The summed E-state index contributed by atoms with van der Waals surface area (Å²) in [6, 6.07) is 1.79. The maximum absolute atomic E-state index is 15.3. The second-order valence-corrected chi connectivity index (χ2v) is 11.8. The van der Waals surface area contributed by atoms with Crippen molar-refractivity contribution < 1.29 is 23.5 Å². The Labute approximate surface area is 221 Å². The number of hydrogen-bond donors (Lipinski definition) is 2. The lowest BCUT2D eigenvalue weighted by Gasteiger charge is -2.51. The van der Waals surface area contributed by atoms with Crippen molar-refractivity contribution in [2.45, 2.75) is 50.8 Å². The minimum absolute atomic E-state index is 0.0573. The number of anilines is 2. The normalized spacial score (nSPS) is 21.1. The topological polar surface area (TPSA) is 96.0 Å². The van der Waals surface area contributed by atoms with E-state index in [0.717, 1.165) is 19.4 Å². The van der Waals surface area contributed by atoms with E-state index in [2.05, 4.69) is 36.4 Å². The highest BCUT2D eigenvalue weighted by Gasteiger charge is 2.55. The van der Waals surface area contributed by atoms with Gasteiger partial charge in [0.05, 0.1) is 28.3 Å². The molecule has 0 radical (unpaired) electrons.